The van der Waals surface area contributed by atoms with Crippen molar-refractivity contribution in [1.82, 2.24) is 20.2 Å². The van der Waals surface area contributed by atoms with E-state index in [1.54, 1.807) is 0 Å². The molecule has 7 rings (SSSR count). The number of hydrogen-bond donors (Lipinski definition) is 2. The first-order valence-electron chi connectivity index (χ1n) is 13.7. The summed E-state index contributed by atoms with van der Waals surface area (Å²) in [6.07, 6.45) is 1.27. The number of nitrogens with one attached hydrogen (secondary N) is 2. The highest BCUT2D eigenvalue weighted by molar-refractivity contribution is 6.07. The Morgan fingerprint density at radius 3 is 2.77 bits per heavy atom. The molecule has 3 aromatic carbocycles. The highest BCUT2D eigenvalue weighted by Gasteiger charge is 2.56. The molecule has 1 aliphatic carbocycles. The van der Waals surface area contributed by atoms with Gasteiger partial charge in [0, 0.05) is 17.0 Å². The maximum Gasteiger partial charge on any atom is 0.407 e. The number of alkyl carbamates (subject to hydrolysis) is 1. The fourth-order valence-electron chi connectivity index (χ4n) is 6.48. The molecule has 1 aromatic heterocycles. The topological polar surface area (TPSA) is 96.5 Å². The summed E-state index contributed by atoms with van der Waals surface area (Å²) in [5.41, 5.74) is 6.57. The number of nitrogens with zero attached hydrogens (tertiary/aromatic N) is 2. The number of fused-ring (bicyclic) bond motifs is 7. The highest BCUT2D eigenvalue weighted by atomic mass is 16.5. The number of H-pyrrole nitrogens is 1. The number of rotatable bonds is 4. The van der Waals surface area contributed by atoms with Crippen LogP contribution >= 0.6 is 0 Å². The standard InChI is InChI=1S/C31H32N4O4/c1-15(2)27(34-31(37)38-4)30(36)35-24-11-18(24)12-25(35)29-32-23-8-6-17-10-22-20-7-5-16(3)9-19(20)14-39-26(22)13-21(17)28(23)33-29/h5-10,13,15,18,24-25,27H,11-12,14H2,1-4H3,(H,32,33)(H,34,37)/t18?,24-,25?,27+/m1/s1. The van der Waals surface area contributed by atoms with Crippen LogP contribution in [0.15, 0.2) is 42.5 Å². The Bertz CT molecular complexity index is 1660. The minimum absolute atomic E-state index is 0.0742. The molecule has 3 heterocycles. The Balaban J connectivity index is 1.26. The van der Waals surface area contributed by atoms with Crippen molar-refractivity contribution in [3.63, 3.8) is 0 Å². The smallest absolute Gasteiger partial charge is 0.407 e. The van der Waals surface area contributed by atoms with Crippen LogP contribution in [0, 0.1) is 18.8 Å². The van der Waals surface area contributed by atoms with Crippen molar-refractivity contribution in [2.45, 2.75) is 58.3 Å². The van der Waals surface area contributed by atoms with E-state index in [1.807, 2.05) is 24.8 Å². The number of aryl methyl sites for hydroxylation is 1. The van der Waals surface area contributed by atoms with E-state index in [4.69, 9.17) is 14.5 Å². The molecule has 2 aliphatic heterocycles. The van der Waals surface area contributed by atoms with E-state index in [0.717, 1.165) is 51.8 Å². The van der Waals surface area contributed by atoms with Gasteiger partial charge >= 0.3 is 6.09 Å². The number of ether oxygens (including phenoxy) is 2. The number of amides is 2. The van der Waals surface area contributed by atoms with Crippen LogP contribution in [0.1, 0.15) is 49.7 Å². The lowest BCUT2D eigenvalue weighted by Crippen LogP contribution is -2.52. The molecule has 0 radical (unpaired) electrons. The lowest BCUT2D eigenvalue weighted by molar-refractivity contribution is -0.136. The largest absolute Gasteiger partial charge is 0.488 e. The van der Waals surface area contributed by atoms with Crippen LogP contribution in [0.3, 0.4) is 0 Å². The molecular weight excluding hydrogens is 492 g/mol. The van der Waals surface area contributed by atoms with Crippen molar-refractivity contribution in [1.29, 1.82) is 0 Å². The molecule has 2 amide bonds. The van der Waals surface area contributed by atoms with Crippen molar-refractivity contribution in [3.8, 4) is 16.9 Å². The fraction of sp³-hybridized carbons (Fsp3) is 0.387. The minimum atomic E-state index is -0.653. The highest BCUT2D eigenvalue weighted by Crippen LogP contribution is 2.53. The van der Waals surface area contributed by atoms with Gasteiger partial charge in [-0.25, -0.2) is 9.78 Å². The van der Waals surface area contributed by atoms with Crippen LogP contribution in [0.25, 0.3) is 32.9 Å². The molecule has 3 aliphatic rings. The number of aromatic nitrogens is 2. The zero-order valence-corrected chi connectivity index (χ0v) is 22.6. The van der Waals surface area contributed by atoms with Crippen molar-refractivity contribution in [2.24, 2.45) is 11.8 Å². The number of aromatic amines is 1. The lowest BCUT2D eigenvalue weighted by Gasteiger charge is -2.31. The summed E-state index contributed by atoms with van der Waals surface area (Å²) in [7, 11) is 1.31. The number of likely N-dealkylation sites (tertiary alicyclic amines) is 1. The summed E-state index contributed by atoms with van der Waals surface area (Å²) in [5.74, 6) is 1.98. The van der Waals surface area contributed by atoms with E-state index in [2.05, 4.69) is 53.6 Å². The second-order valence-corrected chi connectivity index (χ2v) is 11.5. The summed E-state index contributed by atoms with van der Waals surface area (Å²) in [6, 6.07) is 14.4. The van der Waals surface area contributed by atoms with Crippen LogP contribution in [0.2, 0.25) is 0 Å². The van der Waals surface area contributed by atoms with Gasteiger partial charge in [0.05, 0.1) is 24.2 Å². The maximum atomic E-state index is 13.8. The number of imidazole rings is 1. The second kappa shape index (κ2) is 8.73. The Labute approximate surface area is 226 Å². The van der Waals surface area contributed by atoms with Gasteiger partial charge in [-0.3, -0.25) is 4.79 Å². The van der Waals surface area contributed by atoms with Crippen LogP contribution in [-0.4, -0.2) is 46.1 Å². The molecule has 8 nitrogen and oxygen atoms in total. The van der Waals surface area contributed by atoms with Crippen molar-refractivity contribution >= 4 is 33.8 Å². The molecule has 4 atom stereocenters. The van der Waals surface area contributed by atoms with Gasteiger partial charge in [-0.2, -0.15) is 0 Å². The first-order valence-corrected chi connectivity index (χ1v) is 13.7. The SMILES string of the molecule is COC(=O)N[C@H](C(=O)N1C(c2nc3ccc4cc5c(cc4c3[nH]2)OCc2cc(C)ccc2-5)CC2C[C@H]21)C(C)C. The molecule has 2 N–H and O–H groups in total. The van der Waals surface area contributed by atoms with E-state index in [9.17, 15) is 9.59 Å². The van der Waals surface area contributed by atoms with Crippen molar-refractivity contribution < 1.29 is 19.1 Å². The van der Waals surface area contributed by atoms with E-state index < -0.39 is 12.1 Å². The van der Waals surface area contributed by atoms with E-state index in [-0.39, 0.29) is 23.9 Å². The average molecular weight is 525 g/mol. The molecule has 1 saturated carbocycles. The molecule has 2 unspecified atom stereocenters. The summed E-state index contributed by atoms with van der Waals surface area (Å²) < 4.78 is 11.0. The van der Waals surface area contributed by atoms with Gasteiger partial charge < -0.3 is 24.7 Å². The van der Waals surface area contributed by atoms with E-state index in [0.29, 0.717) is 12.5 Å². The van der Waals surface area contributed by atoms with Crippen LogP contribution in [-0.2, 0) is 16.1 Å². The number of carbonyl (C=O) groups is 2. The van der Waals surface area contributed by atoms with E-state index >= 15 is 0 Å². The van der Waals surface area contributed by atoms with E-state index in [1.165, 1.54) is 23.8 Å². The van der Waals surface area contributed by atoms with Gasteiger partial charge in [0.15, 0.2) is 0 Å². The monoisotopic (exact) mass is 524 g/mol. The number of carbonyl (C=O) groups excluding carboxylic acids is 2. The lowest BCUT2D eigenvalue weighted by atomic mass is 9.93. The third kappa shape index (κ3) is 3.84. The van der Waals surface area contributed by atoms with Crippen LogP contribution < -0.4 is 10.1 Å². The first-order chi connectivity index (χ1) is 18.8. The van der Waals surface area contributed by atoms with Gasteiger partial charge in [-0.05, 0) is 66.3 Å². The van der Waals surface area contributed by atoms with Crippen molar-refractivity contribution in [3.05, 3.63) is 59.4 Å². The predicted molar refractivity (Wildman–Crippen MR) is 148 cm³/mol. The number of benzene rings is 3. The zero-order valence-electron chi connectivity index (χ0n) is 22.6. The maximum absolute atomic E-state index is 13.8. The number of piperidine rings is 1. The molecule has 200 valence electrons. The Hall–Kier alpha value is -4.07. The molecule has 0 spiro atoms. The molecule has 1 saturated heterocycles. The van der Waals surface area contributed by atoms with Gasteiger partial charge in [0.2, 0.25) is 5.91 Å². The third-order valence-electron chi connectivity index (χ3n) is 8.59. The zero-order chi connectivity index (χ0) is 27.0. The summed E-state index contributed by atoms with van der Waals surface area (Å²) in [6.45, 7) is 6.52. The molecule has 2 fully saturated rings. The van der Waals surface area contributed by atoms with Gasteiger partial charge in [-0.1, -0.05) is 43.7 Å². The summed E-state index contributed by atoms with van der Waals surface area (Å²) in [5, 5.41) is 4.91. The minimum Gasteiger partial charge on any atom is -0.488 e. The Morgan fingerprint density at radius 1 is 1.13 bits per heavy atom. The predicted octanol–water partition coefficient (Wildman–Crippen LogP) is 5.63. The first kappa shape index (κ1) is 24.0. The van der Waals surface area contributed by atoms with Crippen LogP contribution in [0.5, 0.6) is 5.75 Å². The number of methoxy groups -OCH3 is 1. The van der Waals surface area contributed by atoms with Gasteiger partial charge in [0.1, 0.15) is 24.2 Å². The van der Waals surface area contributed by atoms with Crippen LogP contribution in [0.4, 0.5) is 4.79 Å². The molecule has 39 heavy (non-hydrogen) atoms. The van der Waals surface area contributed by atoms with Gasteiger partial charge in [-0.15, -0.1) is 0 Å². The van der Waals surface area contributed by atoms with Crippen molar-refractivity contribution in [2.75, 3.05) is 7.11 Å². The third-order valence-corrected chi connectivity index (χ3v) is 8.59. The van der Waals surface area contributed by atoms with Gasteiger partial charge in [0.25, 0.3) is 0 Å². The Morgan fingerprint density at radius 2 is 1.97 bits per heavy atom. The molecule has 4 aromatic rings. The second-order valence-electron chi connectivity index (χ2n) is 11.5. The quantitative estimate of drug-likeness (QED) is 0.361. The summed E-state index contributed by atoms with van der Waals surface area (Å²) >= 11 is 0. The molecular formula is C31H32N4O4. The number of hydrogen-bond acceptors (Lipinski definition) is 5. The Kier molecular flexibility index (Phi) is 5.37. The fourth-order valence-corrected chi connectivity index (χ4v) is 6.48. The molecule has 8 heteroatoms. The normalized spacial score (nSPS) is 21.8. The molecule has 0 bridgehead atoms. The summed E-state index contributed by atoms with van der Waals surface area (Å²) in [4.78, 5) is 36.3. The average Bonchev–Trinajstić information content (AvgIpc) is 3.37.